The van der Waals surface area contributed by atoms with Crippen molar-refractivity contribution in [2.24, 2.45) is 11.3 Å². The SMILES string of the molecule is Cc1ncsc1-c1ccc(CNC(=O)[C@@H]2C[C@@H](O)CN2C(=O)[C@@H](NC(=O)C2CCN(c3ccncc3C3CN(C(=O)[C@@H]4CC[C@@H]5CCC[C@H](NC(=O)c6cc7cc(C(F)(F)P(=O)(O)O)ccc7s6)C(=O)N54)C3)CC2)C(C)(C)C)cc1. The maximum Gasteiger partial charge on any atom is 0.399 e. The number of rotatable bonds is 14. The third kappa shape index (κ3) is 11.5. The molecule has 24 heteroatoms. The molecule has 0 spiro atoms. The second-order valence-electron chi connectivity index (χ2n) is 22.9. The van der Waals surface area contributed by atoms with Gasteiger partial charge in [-0.2, -0.15) is 8.78 Å². The monoisotopic (exact) mass is 1160 g/mol. The van der Waals surface area contributed by atoms with E-state index < -0.39 is 72.2 Å². The molecule has 6 amide bonds. The molecule has 80 heavy (non-hydrogen) atoms. The van der Waals surface area contributed by atoms with Crippen molar-refractivity contribution in [3.63, 3.8) is 0 Å². The summed E-state index contributed by atoms with van der Waals surface area (Å²) in [6, 6.07) is 10.6. The fourth-order valence-corrected chi connectivity index (χ4v) is 14.2. The molecule has 19 nitrogen and oxygen atoms in total. The van der Waals surface area contributed by atoms with Gasteiger partial charge in [0, 0.05) is 97.5 Å². The zero-order chi connectivity index (χ0) is 57.0. The van der Waals surface area contributed by atoms with Crippen LogP contribution in [0, 0.1) is 18.3 Å². The fraction of sp³-hybridized carbons (Fsp3) is 0.500. The average molecular weight is 1160 g/mol. The van der Waals surface area contributed by atoms with E-state index in [1.54, 1.807) is 32.8 Å². The van der Waals surface area contributed by atoms with Gasteiger partial charge in [-0.3, -0.25) is 38.3 Å². The third-order valence-electron chi connectivity index (χ3n) is 16.5. The van der Waals surface area contributed by atoms with E-state index in [9.17, 15) is 57.0 Å². The number of pyridine rings is 1. The highest BCUT2D eigenvalue weighted by Gasteiger charge is 2.51. The minimum Gasteiger partial charge on any atom is -0.391 e. The van der Waals surface area contributed by atoms with Crippen LogP contribution in [0.5, 0.6) is 0 Å². The summed E-state index contributed by atoms with van der Waals surface area (Å²) in [6.45, 7) is 9.67. The van der Waals surface area contributed by atoms with E-state index >= 15 is 0 Å². The zero-order valence-corrected chi connectivity index (χ0v) is 47.4. The average Bonchev–Trinajstić information content (AvgIpc) is 4.25. The number of amides is 6. The van der Waals surface area contributed by atoms with E-state index in [1.807, 2.05) is 64.2 Å². The summed E-state index contributed by atoms with van der Waals surface area (Å²) in [5.74, 6) is -2.61. The maximum absolute atomic E-state index is 14.5. The number of alkyl halides is 2. The van der Waals surface area contributed by atoms with Gasteiger partial charge in [-0.15, -0.1) is 22.7 Å². The van der Waals surface area contributed by atoms with Crippen LogP contribution in [0.1, 0.15) is 110 Å². The number of β-amino-alcohol motifs (C(OH)–C–C–N with tert-alkyl or cyclic N) is 1. The lowest BCUT2D eigenvalue weighted by Gasteiger charge is -2.44. The second-order valence-corrected chi connectivity index (χ2v) is 26.5. The highest BCUT2D eigenvalue weighted by Crippen LogP contribution is 2.59. The predicted octanol–water partition coefficient (Wildman–Crippen LogP) is 6.25. The Kier molecular flexibility index (Phi) is 16.1. The number of benzene rings is 2. The molecular formula is C56H66F2N9O10PS2. The maximum atomic E-state index is 14.5. The molecule has 0 bridgehead atoms. The van der Waals surface area contributed by atoms with Gasteiger partial charge in [-0.1, -0.05) is 51.1 Å². The van der Waals surface area contributed by atoms with Crippen LogP contribution in [0.25, 0.3) is 20.5 Å². The van der Waals surface area contributed by atoms with Gasteiger partial charge in [0.2, 0.25) is 29.5 Å². The zero-order valence-electron chi connectivity index (χ0n) is 44.8. The Morgan fingerprint density at radius 1 is 0.900 bits per heavy atom. The molecule has 5 aliphatic heterocycles. The Morgan fingerprint density at radius 2 is 1.64 bits per heavy atom. The van der Waals surface area contributed by atoms with E-state index in [-0.39, 0.29) is 65.4 Å². The summed E-state index contributed by atoms with van der Waals surface area (Å²) >= 11 is 2.56. The first-order chi connectivity index (χ1) is 38.0. The molecule has 0 unspecified atom stereocenters. The number of thiazole rings is 1. The molecule has 5 aromatic rings. The van der Waals surface area contributed by atoms with Crippen LogP contribution in [-0.2, 0) is 40.7 Å². The van der Waals surface area contributed by atoms with Crippen LogP contribution in [0.3, 0.4) is 0 Å². The Morgan fingerprint density at radius 3 is 2.33 bits per heavy atom. The number of aromatic nitrogens is 2. The molecule has 2 aromatic carbocycles. The van der Waals surface area contributed by atoms with Gasteiger partial charge in [0.05, 0.1) is 27.1 Å². The number of fused-ring (bicyclic) bond motifs is 2. The van der Waals surface area contributed by atoms with Crippen LogP contribution in [0.15, 0.2) is 72.5 Å². The van der Waals surface area contributed by atoms with Gasteiger partial charge < -0.3 is 50.4 Å². The third-order valence-corrected chi connectivity index (χ3v) is 19.6. The number of nitrogens with one attached hydrogen (secondary N) is 3. The van der Waals surface area contributed by atoms with Crippen molar-refractivity contribution in [3.05, 3.63) is 99.8 Å². The Balaban J connectivity index is 0.721. The minimum atomic E-state index is -5.81. The number of hydrogen-bond donors (Lipinski definition) is 6. The molecule has 0 aliphatic carbocycles. The van der Waals surface area contributed by atoms with Crippen LogP contribution in [0.4, 0.5) is 14.5 Å². The molecule has 426 valence electrons. The van der Waals surface area contributed by atoms with Crippen molar-refractivity contribution in [3.8, 4) is 10.4 Å². The van der Waals surface area contributed by atoms with E-state index in [2.05, 4.69) is 30.8 Å². The molecular weight excluding hydrogens is 1090 g/mol. The summed E-state index contributed by atoms with van der Waals surface area (Å²) in [6.07, 6.45) is 6.47. The highest BCUT2D eigenvalue weighted by molar-refractivity contribution is 7.52. The van der Waals surface area contributed by atoms with Crippen LogP contribution in [0.2, 0.25) is 0 Å². The highest BCUT2D eigenvalue weighted by atomic mass is 32.1. The quantitative estimate of drug-likeness (QED) is 0.0674. The van der Waals surface area contributed by atoms with Crippen molar-refractivity contribution in [1.29, 1.82) is 0 Å². The number of aliphatic hydroxyl groups excluding tert-OH is 1. The molecule has 6 atom stereocenters. The molecule has 5 saturated heterocycles. The minimum absolute atomic E-state index is 0.0328. The fourth-order valence-electron chi connectivity index (χ4n) is 12.0. The number of thiophene rings is 1. The number of halogens is 2. The van der Waals surface area contributed by atoms with Crippen molar-refractivity contribution >= 4 is 81.5 Å². The van der Waals surface area contributed by atoms with Crippen molar-refractivity contribution in [2.75, 3.05) is 37.6 Å². The summed E-state index contributed by atoms with van der Waals surface area (Å²) in [5.41, 5.74) is 0.565. The van der Waals surface area contributed by atoms with Crippen LogP contribution in [-0.4, -0.2) is 144 Å². The lowest BCUT2D eigenvalue weighted by molar-refractivity contribution is -0.148. The number of likely N-dealkylation sites (tertiary alicyclic amines) is 2. The smallest absolute Gasteiger partial charge is 0.391 e. The van der Waals surface area contributed by atoms with E-state index in [0.717, 1.165) is 56.4 Å². The predicted molar refractivity (Wildman–Crippen MR) is 297 cm³/mol. The lowest BCUT2D eigenvalue weighted by Crippen LogP contribution is -2.59. The molecule has 0 saturated carbocycles. The number of anilines is 1. The van der Waals surface area contributed by atoms with Crippen molar-refractivity contribution < 1.29 is 57.0 Å². The summed E-state index contributed by atoms with van der Waals surface area (Å²) in [5, 5.41) is 19.8. The van der Waals surface area contributed by atoms with E-state index in [4.69, 9.17) is 0 Å². The van der Waals surface area contributed by atoms with Crippen LogP contribution < -0.4 is 20.9 Å². The number of hydrogen-bond acceptors (Lipinski definition) is 13. The standard InChI is InChI=1S/C56H66F2N9O10PS2/c1-31-47(79-30-61-31)33-10-8-32(9-11-33)25-60-50(70)44-24-39(68)29-66(44)54(74)48(55(2,3)4)63-49(69)34-17-20-64(21-18-34)42-16-19-59-26-40(42)36-27-65(28-36)53(73)43-14-13-38-6-5-7-41(52(72)67(38)43)62-51(71)46-23-35-22-37(12-15-45(35)80-46)56(57,58)78(75,76)77/h8-12,15-16,19,22-23,26,30,34,36,38-39,41,43-44,48,68H,5-7,13-14,17-18,20-21,24-25,27-29H2,1-4H3,(H,60,70)(H,62,71)(H,63,69)(H2,75,76,77)/t38-,39+,41-,43-,44-,48+/m0/s1. The largest absolute Gasteiger partial charge is 0.399 e. The molecule has 5 aliphatic rings. The van der Waals surface area contributed by atoms with Crippen molar-refractivity contribution in [1.82, 2.24) is 40.6 Å². The molecule has 6 N–H and O–H groups in total. The normalized spacial score (nSPS) is 22.7. The van der Waals surface area contributed by atoms with E-state index in [1.165, 1.54) is 17.0 Å². The van der Waals surface area contributed by atoms with Gasteiger partial charge in [-0.05, 0) is 98.1 Å². The number of carbonyl (C=O) groups is 6. The number of aliphatic hydroxyl groups is 1. The molecule has 8 heterocycles. The topological polar surface area (TPSA) is 255 Å². The van der Waals surface area contributed by atoms with Crippen LogP contribution >= 0.6 is 30.3 Å². The number of piperidine rings is 1. The number of nitrogens with zero attached hydrogens (tertiary/aromatic N) is 6. The van der Waals surface area contributed by atoms with Gasteiger partial charge in [0.1, 0.15) is 24.2 Å². The van der Waals surface area contributed by atoms with Gasteiger partial charge in [-0.25, -0.2) is 4.98 Å². The Labute approximate surface area is 469 Å². The summed E-state index contributed by atoms with van der Waals surface area (Å²) < 4.78 is 40.9. The Hall–Kier alpha value is -6.23. The lowest BCUT2D eigenvalue weighted by atomic mass is 9.84. The number of aryl methyl sites for hydroxylation is 1. The van der Waals surface area contributed by atoms with E-state index in [0.29, 0.717) is 75.8 Å². The molecule has 10 rings (SSSR count). The van der Waals surface area contributed by atoms with Crippen molar-refractivity contribution in [2.45, 2.75) is 134 Å². The summed E-state index contributed by atoms with van der Waals surface area (Å²) in [4.78, 5) is 120. The van der Waals surface area contributed by atoms with Gasteiger partial charge in [0.15, 0.2) is 0 Å². The van der Waals surface area contributed by atoms with Gasteiger partial charge >= 0.3 is 13.3 Å². The Bertz CT molecular complexity index is 3240. The molecule has 0 radical (unpaired) electrons. The first kappa shape index (κ1) is 57.0. The molecule has 3 aromatic heterocycles. The first-order valence-corrected chi connectivity index (χ1v) is 30.4. The van der Waals surface area contributed by atoms with Gasteiger partial charge in [0.25, 0.3) is 5.91 Å². The molecule has 5 fully saturated rings. The first-order valence-electron chi connectivity index (χ1n) is 27.1. The second kappa shape index (κ2) is 22.6. The number of carbonyl (C=O) groups excluding carboxylic acids is 6. The summed E-state index contributed by atoms with van der Waals surface area (Å²) in [7, 11) is -5.81.